The van der Waals surface area contributed by atoms with Crippen molar-refractivity contribution in [3.05, 3.63) is 255 Å². The number of para-hydroxylation sites is 4. The van der Waals surface area contributed by atoms with Crippen LogP contribution in [0.5, 0.6) is 0 Å². The van der Waals surface area contributed by atoms with E-state index in [1.165, 1.54) is 80.6 Å². The van der Waals surface area contributed by atoms with Gasteiger partial charge in [-0.2, -0.15) is 0 Å². The second-order valence-corrected chi connectivity index (χ2v) is 18.3. The molecule has 67 heavy (non-hydrogen) atoms. The van der Waals surface area contributed by atoms with Gasteiger partial charge < -0.3 is 9.47 Å². The predicted octanol–water partition coefficient (Wildman–Crippen LogP) is 18.4. The van der Waals surface area contributed by atoms with Crippen LogP contribution in [0.1, 0.15) is 0 Å². The van der Waals surface area contributed by atoms with Gasteiger partial charge in [0.2, 0.25) is 0 Å². The van der Waals surface area contributed by atoms with Crippen molar-refractivity contribution >= 4 is 81.1 Å². The standard InChI is InChI=1S/C64H42N2S/c1-3-18-43(19-4-1)50-28-15-20-45-21-16-30-54(63(45)50)52-25-8-12-32-58(52)66(48-39-36-44(37-40-48)51-29-17-35-62-64(51)55-27-10-14-34-61(55)67-62)57-31-11-7-24-49(57)46-38-41-60-56(42-46)53-26-9-13-33-59(53)65(60)47-22-5-2-6-23-47/h1-42H. The zero-order valence-corrected chi connectivity index (χ0v) is 37.4. The molecule has 314 valence electrons. The predicted molar refractivity (Wildman–Crippen MR) is 288 cm³/mol. The molecule has 13 rings (SSSR count). The third-order valence-corrected chi connectivity index (χ3v) is 14.5. The zero-order valence-electron chi connectivity index (χ0n) is 36.6. The SMILES string of the molecule is c1ccc(-c2cccc3cccc(-c4ccccc4N(c4ccc(-c5cccc6sc7ccccc7c56)cc4)c4ccccc4-c4ccc5c(c4)c4ccccc4n5-c4ccccc4)c23)cc1. The number of fused-ring (bicyclic) bond motifs is 7. The summed E-state index contributed by atoms with van der Waals surface area (Å²) in [5, 5.41) is 7.53. The van der Waals surface area contributed by atoms with Crippen LogP contribution in [0.15, 0.2) is 255 Å². The average Bonchev–Trinajstić information content (AvgIpc) is 3.95. The number of aromatic nitrogens is 1. The van der Waals surface area contributed by atoms with Gasteiger partial charge in [0.1, 0.15) is 0 Å². The summed E-state index contributed by atoms with van der Waals surface area (Å²) in [6, 6.07) is 93.3. The molecule has 0 aliphatic heterocycles. The van der Waals surface area contributed by atoms with Crippen molar-refractivity contribution in [1.29, 1.82) is 0 Å². The van der Waals surface area contributed by atoms with Gasteiger partial charge in [-0.3, -0.25) is 0 Å². The first kappa shape index (κ1) is 38.9. The summed E-state index contributed by atoms with van der Waals surface area (Å²) in [4.78, 5) is 2.48. The van der Waals surface area contributed by atoms with Gasteiger partial charge in [0.05, 0.1) is 22.4 Å². The molecule has 0 bridgehead atoms. The fraction of sp³-hybridized carbons (Fsp3) is 0. The fourth-order valence-corrected chi connectivity index (χ4v) is 11.6. The van der Waals surface area contributed by atoms with Crippen LogP contribution in [-0.4, -0.2) is 4.57 Å². The van der Waals surface area contributed by atoms with Crippen LogP contribution in [0.4, 0.5) is 17.1 Å². The minimum atomic E-state index is 1.08. The molecule has 2 nitrogen and oxygen atoms in total. The second kappa shape index (κ2) is 16.2. The van der Waals surface area contributed by atoms with Crippen LogP contribution in [0.2, 0.25) is 0 Å². The molecule has 3 heteroatoms. The Hall–Kier alpha value is -8.50. The molecule has 0 aliphatic carbocycles. The molecule has 0 atom stereocenters. The second-order valence-electron chi connectivity index (χ2n) is 17.2. The van der Waals surface area contributed by atoms with Gasteiger partial charge in [0.15, 0.2) is 0 Å². The van der Waals surface area contributed by atoms with Gasteiger partial charge in [-0.1, -0.05) is 188 Å². The Labute approximate surface area is 393 Å². The Bertz CT molecular complexity index is 3970. The number of benzene rings is 11. The highest BCUT2D eigenvalue weighted by Gasteiger charge is 2.23. The van der Waals surface area contributed by atoms with Crippen molar-refractivity contribution in [3.8, 4) is 50.2 Å². The lowest BCUT2D eigenvalue weighted by atomic mass is 9.90. The van der Waals surface area contributed by atoms with E-state index in [-0.39, 0.29) is 0 Å². The topological polar surface area (TPSA) is 8.17 Å². The highest BCUT2D eigenvalue weighted by molar-refractivity contribution is 7.25. The maximum Gasteiger partial charge on any atom is 0.0541 e. The lowest BCUT2D eigenvalue weighted by molar-refractivity contribution is 1.18. The van der Waals surface area contributed by atoms with Gasteiger partial charge >= 0.3 is 0 Å². The molecule has 11 aromatic carbocycles. The fourth-order valence-electron chi connectivity index (χ4n) is 10.4. The van der Waals surface area contributed by atoms with Crippen LogP contribution >= 0.6 is 11.3 Å². The molecule has 13 aromatic rings. The third-order valence-electron chi connectivity index (χ3n) is 13.4. The van der Waals surface area contributed by atoms with Crippen molar-refractivity contribution in [3.63, 3.8) is 0 Å². The highest BCUT2D eigenvalue weighted by Crippen LogP contribution is 2.48. The first-order valence-electron chi connectivity index (χ1n) is 22.9. The van der Waals surface area contributed by atoms with E-state index in [9.17, 15) is 0 Å². The maximum atomic E-state index is 2.48. The Kier molecular flexibility index (Phi) is 9.40. The van der Waals surface area contributed by atoms with Crippen molar-refractivity contribution < 1.29 is 0 Å². The van der Waals surface area contributed by atoms with E-state index >= 15 is 0 Å². The van der Waals surface area contributed by atoms with E-state index in [0.29, 0.717) is 0 Å². The number of thiophene rings is 1. The molecule has 0 saturated carbocycles. The van der Waals surface area contributed by atoms with E-state index in [2.05, 4.69) is 264 Å². The molecule has 0 spiro atoms. The molecule has 0 unspecified atom stereocenters. The smallest absolute Gasteiger partial charge is 0.0541 e. The van der Waals surface area contributed by atoms with Crippen molar-refractivity contribution in [2.45, 2.75) is 0 Å². The Morgan fingerprint density at radius 1 is 0.313 bits per heavy atom. The summed E-state index contributed by atoms with van der Waals surface area (Å²) in [5.74, 6) is 0. The molecule has 0 radical (unpaired) electrons. The molecule has 0 fully saturated rings. The van der Waals surface area contributed by atoms with Crippen LogP contribution in [0.3, 0.4) is 0 Å². The Morgan fingerprint density at radius 3 is 1.64 bits per heavy atom. The first-order valence-corrected chi connectivity index (χ1v) is 23.7. The minimum absolute atomic E-state index is 1.08. The van der Waals surface area contributed by atoms with Crippen molar-refractivity contribution in [2.24, 2.45) is 0 Å². The summed E-state index contributed by atoms with van der Waals surface area (Å²) in [5.41, 5.74) is 16.3. The monoisotopic (exact) mass is 870 g/mol. The van der Waals surface area contributed by atoms with Crippen molar-refractivity contribution in [2.75, 3.05) is 4.90 Å². The Balaban J connectivity index is 1.03. The van der Waals surface area contributed by atoms with Gasteiger partial charge in [0.25, 0.3) is 0 Å². The number of rotatable bonds is 8. The molecule has 0 N–H and O–H groups in total. The van der Waals surface area contributed by atoms with Crippen LogP contribution < -0.4 is 4.90 Å². The van der Waals surface area contributed by atoms with E-state index in [4.69, 9.17) is 0 Å². The number of hydrogen-bond acceptors (Lipinski definition) is 2. The molecule has 2 aromatic heterocycles. The van der Waals surface area contributed by atoms with E-state index in [1.807, 2.05) is 11.3 Å². The van der Waals surface area contributed by atoms with Crippen LogP contribution in [0, 0.1) is 0 Å². The molecular formula is C64H42N2S. The summed E-state index contributed by atoms with van der Waals surface area (Å²) in [6.07, 6.45) is 0. The van der Waals surface area contributed by atoms with E-state index in [1.54, 1.807) is 0 Å². The molecule has 0 saturated heterocycles. The van der Waals surface area contributed by atoms with Gasteiger partial charge in [-0.25, -0.2) is 0 Å². The van der Waals surface area contributed by atoms with Crippen molar-refractivity contribution in [1.82, 2.24) is 4.57 Å². The normalized spacial score (nSPS) is 11.6. The molecule has 0 aliphatic rings. The molecule has 2 heterocycles. The lowest BCUT2D eigenvalue weighted by Gasteiger charge is -2.30. The highest BCUT2D eigenvalue weighted by atomic mass is 32.1. The van der Waals surface area contributed by atoms with Crippen LogP contribution in [0.25, 0.3) is 103 Å². The number of hydrogen-bond donors (Lipinski definition) is 0. The summed E-state index contributed by atoms with van der Waals surface area (Å²) >= 11 is 1.86. The first-order chi connectivity index (χ1) is 33.3. The third kappa shape index (κ3) is 6.55. The summed E-state index contributed by atoms with van der Waals surface area (Å²) in [6.45, 7) is 0. The average molecular weight is 871 g/mol. The minimum Gasteiger partial charge on any atom is -0.309 e. The van der Waals surface area contributed by atoms with Gasteiger partial charge in [-0.05, 0) is 111 Å². The summed E-state index contributed by atoms with van der Waals surface area (Å²) < 4.78 is 5.01. The molecular weight excluding hydrogens is 829 g/mol. The summed E-state index contributed by atoms with van der Waals surface area (Å²) in [7, 11) is 0. The van der Waals surface area contributed by atoms with E-state index < -0.39 is 0 Å². The van der Waals surface area contributed by atoms with E-state index in [0.717, 1.165) is 39.4 Å². The number of anilines is 3. The van der Waals surface area contributed by atoms with Gasteiger partial charge in [-0.15, -0.1) is 11.3 Å². The zero-order chi connectivity index (χ0) is 44.3. The number of nitrogens with zero attached hydrogens (tertiary/aromatic N) is 2. The Morgan fingerprint density at radius 2 is 0.851 bits per heavy atom. The van der Waals surface area contributed by atoms with Gasteiger partial charge in [0, 0.05) is 53.4 Å². The maximum absolute atomic E-state index is 2.48. The largest absolute Gasteiger partial charge is 0.309 e. The quantitative estimate of drug-likeness (QED) is 0.148. The lowest BCUT2D eigenvalue weighted by Crippen LogP contribution is -2.12. The molecule has 0 amide bonds. The van der Waals surface area contributed by atoms with Crippen LogP contribution in [-0.2, 0) is 0 Å².